The second-order valence-corrected chi connectivity index (χ2v) is 11.9. The Labute approximate surface area is 245 Å². The molecule has 2 amide bonds. The second kappa shape index (κ2) is 11.0. The van der Waals surface area contributed by atoms with Gasteiger partial charge in [0.05, 0.1) is 37.3 Å². The maximum Gasteiger partial charge on any atom is 0.289 e. The molecule has 1 unspecified atom stereocenters. The van der Waals surface area contributed by atoms with Crippen molar-refractivity contribution in [2.75, 3.05) is 50.1 Å². The van der Waals surface area contributed by atoms with E-state index in [1.54, 1.807) is 29.0 Å². The Morgan fingerprint density at radius 1 is 0.952 bits per heavy atom. The van der Waals surface area contributed by atoms with Crippen LogP contribution in [0.1, 0.15) is 48.8 Å². The molecule has 1 aromatic heterocycles. The molecule has 0 spiro atoms. The summed E-state index contributed by atoms with van der Waals surface area (Å²) in [5.41, 5.74) is 3.90. The van der Waals surface area contributed by atoms with Gasteiger partial charge >= 0.3 is 0 Å². The van der Waals surface area contributed by atoms with Crippen molar-refractivity contribution in [2.45, 2.75) is 32.7 Å². The van der Waals surface area contributed by atoms with E-state index in [-0.39, 0.29) is 29.6 Å². The number of piperazine rings is 1. The van der Waals surface area contributed by atoms with E-state index in [2.05, 4.69) is 19.2 Å². The van der Waals surface area contributed by atoms with Crippen molar-refractivity contribution in [3.05, 3.63) is 89.5 Å². The number of benzene rings is 2. The van der Waals surface area contributed by atoms with Gasteiger partial charge in [0.25, 0.3) is 5.91 Å². The summed E-state index contributed by atoms with van der Waals surface area (Å²) in [6.07, 6.45) is 2.61. The molecule has 3 heterocycles. The Hall–Kier alpha value is -4.53. The highest BCUT2D eigenvalue weighted by Crippen LogP contribution is 2.49. The average Bonchev–Trinajstić information content (AvgIpc) is 3.49. The zero-order valence-corrected chi connectivity index (χ0v) is 24.3. The number of Topliss-reactive ketones (excluding diaryl/α,β-unsaturated/α-hetero) is 1. The monoisotopic (exact) mass is 568 g/mol. The Balaban J connectivity index is 1.36. The normalized spacial score (nSPS) is 19.9. The first-order valence-electron chi connectivity index (χ1n) is 14.4. The van der Waals surface area contributed by atoms with E-state index in [4.69, 9.17) is 9.15 Å². The fraction of sp³-hybridized carbons (Fsp3) is 0.364. The van der Waals surface area contributed by atoms with Gasteiger partial charge in [0.15, 0.2) is 11.5 Å². The number of ketones is 1. The number of allylic oxidation sites excluding steroid dienone is 1. The topological polar surface area (TPSA) is 95.3 Å². The zero-order chi connectivity index (χ0) is 29.4. The lowest BCUT2D eigenvalue weighted by atomic mass is 9.73. The Morgan fingerprint density at radius 3 is 2.40 bits per heavy atom. The molecule has 1 aliphatic carbocycles. The highest BCUT2D eigenvalue weighted by atomic mass is 16.5. The fourth-order valence-electron chi connectivity index (χ4n) is 6.40. The third-order valence-corrected chi connectivity index (χ3v) is 8.39. The van der Waals surface area contributed by atoms with Crippen LogP contribution in [0.15, 0.2) is 82.6 Å². The molecule has 218 valence electrons. The van der Waals surface area contributed by atoms with E-state index in [0.717, 1.165) is 22.6 Å². The predicted molar refractivity (Wildman–Crippen MR) is 159 cm³/mol. The molecule has 3 aromatic rings. The summed E-state index contributed by atoms with van der Waals surface area (Å²) in [7, 11) is 1.63. The molecular weight excluding hydrogens is 532 g/mol. The highest BCUT2D eigenvalue weighted by Gasteiger charge is 2.43. The van der Waals surface area contributed by atoms with Gasteiger partial charge in [-0.05, 0) is 42.2 Å². The fourth-order valence-corrected chi connectivity index (χ4v) is 6.40. The number of fused-ring (bicyclic) bond motifs is 1. The van der Waals surface area contributed by atoms with Crippen LogP contribution in [0.3, 0.4) is 0 Å². The molecule has 42 heavy (non-hydrogen) atoms. The summed E-state index contributed by atoms with van der Waals surface area (Å²) in [5.74, 6) is 0.790. The summed E-state index contributed by atoms with van der Waals surface area (Å²) < 4.78 is 11.1. The molecule has 2 aromatic carbocycles. The molecule has 0 bridgehead atoms. The van der Waals surface area contributed by atoms with Crippen LogP contribution in [-0.4, -0.2) is 67.2 Å². The average molecular weight is 569 g/mol. The van der Waals surface area contributed by atoms with Crippen LogP contribution >= 0.6 is 0 Å². The molecule has 0 saturated carbocycles. The molecule has 1 N–H and O–H groups in total. The van der Waals surface area contributed by atoms with E-state index in [1.807, 2.05) is 53.4 Å². The van der Waals surface area contributed by atoms with E-state index >= 15 is 0 Å². The van der Waals surface area contributed by atoms with E-state index in [9.17, 15) is 14.4 Å². The van der Waals surface area contributed by atoms with Gasteiger partial charge < -0.3 is 29.2 Å². The van der Waals surface area contributed by atoms with Crippen LogP contribution in [-0.2, 0) is 9.59 Å². The van der Waals surface area contributed by atoms with Crippen LogP contribution in [0.2, 0.25) is 0 Å². The number of ether oxygens (including phenoxy) is 1. The molecular formula is C33H36N4O5. The molecule has 1 atom stereocenters. The van der Waals surface area contributed by atoms with Gasteiger partial charge in [-0.3, -0.25) is 14.4 Å². The Morgan fingerprint density at radius 2 is 1.67 bits per heavy atom. The van der Waals surface area contributed by atoms with Gasteiger partial charge in [-0.2, -0.15) is 0 Å². The lowest BCUT2D eigenvalue weighted by molar-refractivity contribution is -0.131. The van der Waals surface area contributed by atoms with Crippen molar-refractivity contribution < 1.29 is 23.5 Å². The molecule has 3 aliphatic rings. The first-order valence-corrected chi connectivity index (χ1v) is 14.4. The van der Waals surface area contributed by atoms with Crippen molar-refractivity contribution in [2.24, 2.45) is 5.41 Å². The lowest BCUT2D eigenvalue weighted by Gasteiger charge is -2.40. The summed E-state index contributed by atoms with van der Waals surface area (Å²) >= 11 is 0. The van der Waals surface area contributed by atoms with Crippen molar-refractivity contribution in [1.29, 1.82) is 0 Å². The standard InChI is InChI=1S/C33H36N4O5/c1-33(2)19-24-30(26(38)20-33)31(22-9-4-7-12-27(22)41-3)37(25-11-6-5-10-23(25)34-24)21-29(39)35-14-16-36(17-15-35)32(40)28-13-8-18-42-28/h4-13,18,31,34H,14-17,19-21H2,1-3H3. The first kappa shape index (κ1) is 27.6. The number of anilines is 2. The molecule has 9 heteroatoms. The SMILES string of the molecule is COc1ccccc1C1C2=C(CC(C)(C)CC2=O)Nc2ccccc2N1CC(=O)N1CCN(C(=O)c2ccco2)CC1. The van der Waals surface area contributed by atoms with Crippen LogP contribution in [0.4, 0.5) is 11.4 Å². The zero-order valence-electron chi connectivity index (χ0n) is 24.3. The van der Waals surface area contributed by atoms with Gasteiger partial charge in [-0.15, -0.1) is 0 Å². The third-order valence-electron chi connectivity index (χ3n) is 8.39. The van der Waals surface area contributed by atoms with Crippen molar-refractivity contribution >= 4 is 29.0 Å². The molecule has 9 nitrogen and oxygen atoms in total. The molecule has 6 rings (SSSR count). The molecule has 1 saturated heterocycles. The first-order chi connectivity index (χ1) is 20.3. The number of methoxy groups -OCH3 is 1. The predicted octanol–water partition coefficient (Wildman–Crippen LogP) is 4.89. The summed E-state index contributed by atoms with van der Waals surface area (Å²) in [4.78, 5) is 46.3. The quantitative estimate of drug-likeness (QED) is 0.468. The van der Waals surface area contributed by atoms with Gasteiger partial charge in [-0.25, -0.2) is 0 Å². The van der Waals surface area contributed by atoms with Crippen LogP contribution in [0.5, 0.6) is 5.75 Å². The number of rotatable bonds is 5. The number of amides is 2. The van der Waals surface area contributed by atoms with Crippen LogP contribution < -0.4 is 15.0 Å². The van der Waals surface area contributed by atoms with E-state index in [1.165, 1.54) is 6.26 Å². The lowest BCUT2D eigenvalue weighted by Crippen LogP contribution is -2.53. The summed E-state index contributed by atoms with van der Waals surface area (Å²) in [6, 6.07) is 18.4. The number of nitrogens with one attached hydrogen (secondary N) is 1. The van der Waals surface area contributed by atoms with Gasteiger partial charge in [0.2, 0.25) is 5.91 Å². The second-order valence-electron chi connectivity index (χ2n) is 11.9. The van der Waals surface area contributed by atoms with Crippen molar-refractivity contribution in [3.8, 4) is 5.75 Å². The van der Waals surface area contributed by atoms with Gasteiger partial charge in [0.1, 0.15) is 5.75 Å². The minimum absolute atomic E-state index is 0.0565. The highest BCUT2D eigenvalue weighted by molar-refractivity contribution is 6.02. The largest absolute Gasteiger partial charge is 0.496 e. The number of hydrogen-bond acceptors (Lipinski definition) is 7. The number of hydrogen-bond donors (Lipinski definition) is 1. The van der Waals surface area contributed by atoms with Gasteiger partial charge in [0, 0.05) is 49.4 Å². The Kier molecular flexibility index (Phi) is 7.26. The van der Waals surface area contributed by atoms with Crippen molar-refractivity contribution in [1.82, 2.24) is 9.80 Å². The number of carbonyl (C=O) groups is 3. The third kappa shape index (κ3) is 5.15. The number of nitrogens with zero attached hydrogens (tertiary/aromatic N) is 3. The van der Waals surface area contributed by atoms with Gasteiger partial charge in [-0.1, -0.05) is 44.2 Å². The van der Waals surface area contributed by atoms with E-state index < -0.39 is 6.04 Å². The smallest absolute Gasteiger partial charge is 0.289 e. The number of furan rings is 1. The molecule has 2 aliphatic heterocycles. The van der Waals surface area contributed by atoms with Crippen LogP contribution in [0.25, 0.3) is 0 Å². The maximum atomic E-state index is 14.0. The number of para-hydroxylation sites is 3. The summed E-state index contributed by atoms with van der Waals surface area (Å²) in [6.45, 7) is 5.95. The molecule has 1 fully saturated rings. The van der Waals surface area contributed by atoms with E-state index in [0.29, 0.717) is 56.1 Å². The minimum Gasteiger partial charge on any atom is -0.496 e. The molecule has 0 radical (unpaired) electrons. The van der Waals surface area contributed by atoms with Crippen molar-refractivity contribution in [3.63, 3.8) is 0 Å². The maximum absolute atomic E-state index is 14.0. The Bertz CT molecular complexity index is 1540. The summed E-state index contributed by atoms with van der Waals surface area (Å²) in [5, 5.41) is 3.60. The van der Waals surface area contributed by atoms with Crippen LogP contribution in [0, 0.1) is 5.41 Å². The number of carbonyl (C=O) groups excluding carboxylic acids is 3. The minimum atomic E-state index is -0.526.